The van der Waals surface area contributed by atoms with Crippen LogP contribution in [0.3, 0.4) is 0 Å². The highest BCUT2D eigenvalue weighted by Crippen LogP contribution is 2.43. The van der Waals surface area contributed by atoms with Crippen molar-refractivity contribution in [3.8, 4) is 0 Å². The summed E-state index contributed by atoms with van der Waals surface area (Å²) < 4.78 is 10.9. The van der Waals surface area contributed by atoms with E-state index in [1.54, 1.807) is 7.11 Å². The molecular weight excluding hydrogens is 286 g/mol. The van der Waals surface area contributed by atoms with Crippen LogP contribution in [0, 0.1) is 11.8 Å². The molecule has 2 amide bonds. The van der Waals surface area contributed by atoms with Crippen molar-refractivity contribution in [3.05, 3.63) is 0 Å². The van der Waals surface area contributed by atoms with E-state index in [0.717, 1.165) is 18.7 Å². The van der Waals surface area contributed by atoms with Crippen molar-refractivity contribution in [1.29, 1.82) is 0 Å². The van der Waals surface area contributed by atoms with Gasteiger partial charge in [0.1, 0.15) is 0 Å². The molecule has 1 aliphatic carbocycles. The number of hydrazone groups is 1. The normalized spacial score (nSPS) is 33.5. The molecule has 2 aliphatic heterocycles. The number of carbonyl (C=O) groups is 2. The van der Waals surface area contributed by atoms with Crippen LogP contribution in [0.25, 0.3) is 0 Å². The molecule has 3 aliphatic rings. The van der Waals surface area contributed by atoms with E-state index >= 15 is 0 Å². The standard InChI is InChI=1S/C15H23N3O4/c1-21-8-11-14(10-6-7-22-15(10)11)16-12(19)4-2-9-3-5-13(20)18-17-9/h10-11,14-15H,2-8H2,1H3,(H,16,19)(H,18,20)/t10-,11+,14+,15-/m0/s1. The number of carbonyl (C=O) groups excluding carboxylic acids is 2. The number of hydrogen-bond donors (Lipinski definition) is 2. The molecular formula is C15H23N3O4. The number of nitrogens with zero attached hydrogens (tertiary/aromatic N) is 1. The number of nitrogens with one attached hydrogen (secondary N) is 2. The van der Waals surface area contributed by atoms with Gasteiger partial charge in [0.05, 0.1) is 12.7 Å². The summed E-state index contributed by atoms with van der Waals surface area (Å²) in [6, 6.07) is 0.160. The second-order valence-corrected chi connectivity index (χ2v) is 6.21. The van der Waals surface area contributed by atoms with E-state index in [1.165, 1.54) is 0 Å². The number of methoxy groups -OCH3 is 1. The third-order valence-corrected chi connectivity index (χ3v) is 4.83. The quantitative estimate of drug-likeness (QED) is 0.733. The first-order valence-electron chi connectivity index (χ1n) is 7.93. The molecule has 0 radical (unpaired) electrons. The highest BCUT2D eigenvalue weighted by molar-refractivity contribution is 5.94. The first-order chi connectivity index (χ1) is 10.7. The molecule has 2 fully saturated rings. The number of rotatable bonds is 6. The third-order valence-electron chi connectivity index (χ3n) is 4.83. The first kappa shape index (κ1) is 15.4. The van der Waals surface area contributed by atoms with Crippen molar-refractivity contribution in [1.82, 2.24) is 10.7 Å². The third kappa shape index (κ3) is 3.15. The Bertz CT molecular complexity index is 479. The first-order valence-corrected chi connectivity index (χ1v) is 7.93. The topological polar surface area (TPSA) is 89.0 Å². The summed E-state index contributed by atoms with van der Waals surface area (Å²) >= 11 is 0. The lowest BCUT2D eigenvalue weighted by Crippen LogP contribution is -2.62. The molecule has 3 rings (SSSR count). The average Bonchev–Trinajstić information content (AvgIpc) is 2.94. The molecule has 0 aromatic rings. The molecule has 2 N–H and O–H groups in total. The lowest BCUT2D eigenvalue weighted by Gasteiger charge is -2.47. The van der Waals surface area contributed by atoms with Gasteiger partial charge in [-0.05, 0) is 19.3 Å². The van der Waals surface area contributed by atoms with Crippen LogP contribution in [0.4, 0.5) is 0 Å². The number of hydrogen-bond acceptors (Lipinski definition) is 5. The van der Waals surface area contributed by atoms with Crippen LogP contribution < -0.4 is 10.7 Å². The summed E-state index contributed by atoms with van der Waals surface area (Å²) in [5.74, 6) is 0.663. The number of fused-ring (bicyclic) bond motifs is 1. The Morgan fingerprint density at radius 2 is 2.36 bits per heavy atom. The zero-order valence-corrected chi connectivity index (χ0v) is 12.8. The Morgan fingerprint density at radius 3 is 3.09 bits per heavy atom. The van der Waals surface area contributed by atoms with Crippen LogP contribution in [0.5, 0.6) is 0 Å². The summed E-state index contributed by atoms with van der Waals surface area (Å²) in [6.07, 6.45) is 3.35. The van der Waals surface area contributed by atoms with Crippen LogP contribution in [-0.2, 0) is 19.1 Å². The Kier molecular flexibility index (Phi) is 4.73. The minimum Gasteiger partial charge on any atom is -0.384 e. The van der Waals surface area contributed by atoms with Crippen molar-refractivity contribution in [2.24, 2.45) is 16.9 Å². The van der Waals surface area contributed by atoms with E-state index in [4.69, 9.17) is 9.47 Å². The molecule has 122 valence electrons. The molecule has 0 aromatic carbocycles. The average molecular weight is 309 g/mol. The Labute approximate surface area is 129 Å². The molecule has 2 heterocycles. The monoisotopic (exact) mass is 309 g/mol. The van der Waals surface area contributed by atoms with Crippen LogP contribution in [0.2, 0.25) is 0 Å². The smallest absolute Gasteiger partial charge is 0.240 e. The molecule has 22 heavy (non-hydrogen) atoms. The minimum absolute atomic E-state index is 0.0380. The van der Waals surface area contributed by atoms with Crippen molar-refractivity contribution in [2.75, 3.05) is 20.3 Å². The summed E-state index contributed by atoms with van der Waals surface area (Å²) in [5, 5.41) is 7.12. The highest BCUT2D eigenvalue weighted by atomic mass is 16.5. The Morgan fingerprint density at radius 1 is 1.50 bits per heavy atom. The maximum absolute atomic E-state index is 12.2. The summed E-state index contributed by atoms with van der Waals surface area (Å²) in [5.41, 5.74) is 3.35. The van der Waals surface area contributed by atoms with E-state index in [0.29, 0.717) is 38.2 Å². The van der Waals surface area contributed by atoms with Gasteiger partial charge < -0.3 is 14.8 Å². The van der Waals surface area contributed by atoms with E-state index in [-0.39, 0.29) is 29.9 Å². The molecule has 0 spiro atoms. The second-order valence-electron chi connectivity index (χ2n) is 6.21. The van der Waals surface area contributed by atoms with Gasteiger partial charge in [0.15, 0.2) is 0 Å². The maximum atomic E-state index is 12.2. The van der Waals surface area contributed by atoms with E-state index in [9.17, 15) is 9.59 Å². The molecule has 7 heteroatoms. The van der Waals surface area contributed by atoms with E-state index in [1.807, 2.05) is 0 Å². The van der Waals surface area contributed by atoms with Gasteiger partial charge in [-0.15, -0.1) is 0 Å². The van der Waals surface area contributed by atoms with Crippen LogP contribution in [-0.4, -0.2) is 50.0 Å². The van der Waals surface area contributed by atoms with Crippen molar-refractivity contribution < 1.29 is 19.1 Å². The zero-order valence-electron chi connectivity index (χ0n) is 12.8. The molecule has 0 unspecified atom stereocenters. The van der Waals surface area contributed by atoms with E-state index in [2.05, 4.69) is 15.8 Å². The molecule has 0 bridgehead atoms. The van der Waals surface area contributed by atoms with Crippen LogP contribution >= 0.6 is 0 Å². The van der Waals surface area contributed by atoms with Gasteiger partial charge in [0.25, 0.3) is 0 Å². The van der Waals surface area contributed by atoms with Crippen LogP contribution in [0.15, 0.2) is 5.10 Å². The predicted octanol–water partition coefficient (Wildman–Crippen LogP) is 0.199. The van der Waals surface area contributed by atoms with Gasteiger partial charge >= 0.3 is 0 Å². The molecule has 4 atom stereocenters. The number of ether oxygens (including phenoxy) is 2. The Balaban J connectivity index is 1.46. The summed E-state index contributed by atoms with van der Waals surface area (Å²) in [7, 11) is 1.68. The highest BCUT2D eigenvalue weighted by Gasteiger charge is 2.54. The summed E-state index contributed by atoms with van der Waals surface area (Å²) in [4.78, 5) is 23.2. The largest absolute Gasteiger partial charge is 0.384 e. The van der Waals surface area contributed by atoms with Gasteiger partial charge in [-0.25, -0.2) is 5.43 Å². The van der Waals surface area contributed by atoms with Gasteiger partial charge in [-0.3, -0.25) is 9.59 Å². The van der Waals surface area contributed by atoms with Crippen LogP contribution in [0.1, 0.15) is 32.1 Å². The lowest BCUT2D eigenvalue weighted by molar-refractivity contribution is -0.129. The zero-order chi connectivity index (χ0) is 15.5. The molecule has 7 nitrogen and oxygen atoms in total. The number of amides is 2. The Hall–Kier alpha value is -1.47. The van der Waals surface area contributed by atoms with E-state index < -0.39 is 0 Å². The fraction of sp³-hybridized carbons (Fsp3) is 0.800. The second kappa shape index (κ2) is 6.75. The van der Waals surface area contributed by atoms with Gasteiger partial charge in [-0.2, -0.15) is 5.10 Å². The lowest BCUT2D eigenvalue weighted by atomic mass is 9.67. The summed E-state index contributed by atoms with van der Waals surface area (Å²) in [6.45, 7) is 1.39. The molecule has 1 saturated carbocycles. The van der Waals surface area contributed by atoms with Gasteiger partial charge in [-0.1, -0.05) is 0 Å². The maximum Gasteiger partial charge on any atom is 0.240 e. The SMILES string of the molecule is COC[C@@H]1[C@H](NC(=O)CCC2=NNC(=O)CC2)[C@@H]2CCO[C@H]12. The van der Waals surface area contributed by atoms with Gasteiger partial charge in [0, 0.05) is 50.1 Å². The minimum atomic E-state index is -0.0580. The van der Waals surface area contributed by atoms with Crippen molar-refractivity contribution >= 4 is 17.5 Å². The molecule has 0 aromatic heterocycles. The van der Waals surface area contributed by atoms with Gasteiger partial charge in [0.2, 0.25) is 11.8 Å². The van der Waals surface area contributed by atoms with Crippen molar-refractivity contribution in [2.45, 2.75) is 44.2 Å². The fourth-order valence-electron chi connectivity index (χ4n) is 3.64. The predicted molar refractivity (Wildman–Crippen MR) is 79.2 cm³/mol. The van der Waals surface area contributed by atoms with Crippen molar-refractivity contribution in [3.63, 3.8) is 0 Å². The molecule has 1 saturated heterocycles. The fourth-order valence-corrected chi connectivity index (χ4v) is 3.64.